The topological polar surface area (TPSA) is 12.0 Å². The second kappa shape index (κ2) is 7.11. The average Bonchev–Trinajstić information content (AvgIpc) is 3.28. The van der Waals surface area contributed by atoms with Gasteiger partial charge in [0.25, 0.3) is 0 Å². The molecule has 2 aliphatic carbocycles. The van der Waals surface area contributed by atoms with E-state index in [1.807, 2.05) is 6.07 Å². The normalized spacial score (nSPS) is 22.0. The smallest absolute Gasteiger partial charge is 0.128 e. The summed E-state index contributed by atoms with van der Waals surface area (Å²) in [6.07, 6.45) is 10.1. The number of halogens is 2. The first-order valence-electron chi connectivity index (χ1n) is 8.43. The van der Waals surface area contributed by atoms with E-state index in [9.17, 15) is 4.39 Å². The van der Waals surface area contributed by atoms with E-state index in [1.165, 1.54) is 51.4 Å². The van der Waals surface area contributed by atoms with E-state index in [0.29, 0.717) is 17.0 Å². The van der Waals surface area contributed by atoms with Gasteiger partial charge >= 0.3 is 0 Å². The van der Waals surface area contributed by atoms with E-state index in [1.54, 1.807) is 12.1 Å². The van der Waals surface area contributed by atoms with Gasteiger partial charge in [-0.3, -0.25) is 0 Å². The van der Waals surface area contributed by atoms with Gasteiger partial charge in [0.15, 0.2) is 0 Å². The second-order valence-corrected chi connectivity index (χ2v) is 7.08. The Morgan fingerprint density at radius 3 is 2.43 bits per heavy atom. The van der Waals surface area contributed by atoms with Crippen LogP contribution in [0, 0.1) is 11.7 Å². The molecule has 2 aliphatic rings. The van der Waals surface area contributed by atoms with Gasteiger partial charge in [-0.2, -0.15) is 0 Å². The first kappa shape index (κ1) is 15.3. The van der Waals surface area contributed by atoms with Crippen LogP contribution < -0.4 is 5.32 Å². The molecule has 0 spiro atoms. The molecule has 3 heteroatoms. The molecular formula is C18H25ClFN. The monoisotopic (exact) mass is 309 g/mol. The molecule has 2 saturated carbocycles. The average molecular weight is 310 g/mol. The van der Waals surface area contributed by atoms with Crippen molar-refractivity contribution in [1.29, 1.82) is 0 Å². The summed E-state index contributed by atoms with van der Waals surface area (Å²) in [6, 6.07) is 5.76. The number of nitrogens with one attached hydrogen (secondary N) is 1. The standard InChI is InChI=1S/C18H25ClFN/c19-16-8-5-9-17(20)18(16)15(12-21-14-10-11-14)13-6-3-1-2-4-7-13/h5,8-9,13-15,21H,1-4,6-7,10-12H2. The largest absolute Gasteiger partial charge is 0.313 e. The Labute approximate surface area is 132 Å². The van der Waals surface area contributed by atoms with Gasteiger partial charge in [0.05, 0.1) is 0 Å². The lowest BCUT2D eigenvalue weighted by atomic mass is 9.81. The minimum Gasteiger partial charge on any atom is -0.313 e. The molecule has 21 heavy (non-hydrogen) atoms. The van der Waals surface area contributed by atoms with E-state index < -0.39 is 0 Å². The Morgan fingerprint density at radius 1 is 1.10 bits per heavy atom. The summed E-state index contributed by atoms with van der Waals surface area (Å²) >= 11 is 6.35. The maximum atomic E-state index is 14.4. The third kappa shape index (κ3) is 3.98. The van der Waals surface area contributed by atoms with Crippen LogP contribution >= 0.6 is 11.6 Å². The van der Waals surface area contributed by atoms with Gasteiger partial charge in [0.1, 0.15) is 5.82 Å². The lowest BCUT2D eigenvalue weighted by Gasteiger charge is -2.28. The third-order valence-corrected chi connectivity index (χ3v) is 5.37. The van der Waals surface area contributed by atoms with Gasteiger partial charge in [-0.15, -0.1) is 0 Å². The summed E-state index contributed by atoms with van der Waals surface area (Å²) < 4.78 is 14.4. The molecule has 1 atom stereocenters. The molecule has 3 rings (SSSR count). The molecule has 0 aliphatic heterocycles. The Morgan fingerprint density at radius 2 is 1.81 bits per heavy atom. The van der Waals surface area contributed by atoms with Gasteiger partial charge in [-0.05, 0) is 43.7 Å². The molecule has 1 unspecified atom stereocenters. The zero-order valence-electron chi connectivity index (χ0n) is 12.6. The van der Waals surface area contributed by atoms with Crippen molar-refractivity contribution >= 4 is 11.6 Å². The van der Waals surface area contributed by atoms with Crippen molar-refractivity contribution in [2.75, 3.05) is 6.54 Å². The third-order valence-electron chi connectivity index (χ3n) is 5.04. The van der Waals surface area contributed by atoms with Crippen molar-refractivity contribution in [3.63, 3.8) is 0 Å². The number of benzene rings is 1. The molecule has 0 amide bonds. The molecule has 1 aromatic carbocycles. The van der Waals surface area contributed by atoms with Crippen LogP contribution in [0.25, 0.3) is 0 Å². The van der Waals surface area contributed by atoms with Gasteiger partial charge in [0, 0.05) is 29.1 Å². The van der Waals surface area contributed by atoms with Crippen molar-refractivity contribution in [3.8, 4) is 0 Å². The minimum absolute atomic E-state index is 0.130. The molecule has 1 N–H and O–H groups in total. The molecule has 1 nitrogen and oxygen atoms in total. The van der Waals surface area contributed by atoms with Crippen molar-refractivity contribution in [1.82, 2.24) is 5.32 Å². The van der Waals surface area contributed by atoms with Crippen molar-refractivity contribution in [2.45, 2.75) is 63.3 Å². The lowest BCUT2D eigenvalue weighted by molar-refractivity contribution is 0.352. The SMILES string of the molecule is Fc1cccc(Cl)c1C(CNC1CC1)C1CCCCCC1. The highest BCUT2D eigenvalue weighted by molar-refractivity contribution is 6.31. The fourth-order valence-electron chi connectivity index (χ4n) is 3.66. The van der Waals surface area contributed by atoms with Crippen LogP contribution in [0.5, 0.6) is 0 Å². The van der Waals surface area contributed by atoms with Crippen molar-refractivity contribution < 1.29 is 4.39 Å². The van der Waals surface area contributed by atoms with E-state index in [-0.39, 0.29) is 11.7 Å². The predicted octanol–water partition coefficient (Wildman–Crippen LogP) is 5.29. The van der Waals surface area contributed by atoms with Crippen LogP contribution in [-0.2, 0) is 0 Å². The molecule has 116 valence electrons. The van der Waals surface area contributed by atoms with Gasteiger partial charge < -0.3 is 5.32 Å². The highest BCUT2D eigenvalue weighted by Gasteiger charge is 2.30. The highest BCUT2D eigenvalue weighted by atomic mass is 35.5. The summed E-state index contributed by atoms with van der Waals surface area (Å²) in [6.45, 7) is 0.871. The van der Waals surface area contributed by atoms with Gasteiger partial charge in [-0.25, -0.2) is 4.39 Å². The van der Waals surface area contributed by atoms with Gasteiger partial charge in [-0.1, -0.05) is 43.4 Å². The number of hydrogen-bond acceptors (Lipinski definition) is 1. The van der Waals surface area contributed by atoms with Crippen LogP contribution in [-0.4, -0.2) is 12.6 Å². The van der Waals surface area contributed by atoms with Gasteiger partial charge in [0.2, 0.25) is 0 Å². The quantitative estimate of drug-likeness (QED) is 0.729. The molecule has 0 aromatic heterocycles. The summed E-state index contributed by atoms with van der Waals surface area (Å²) in [5.74, 6) is 0.653. The Kier molecular flexibility index (Phi) is 5.18. The summed E-state index contributed by atoms with van der Waals surface area (Å²) in [7, 11) is 0. The lowest BCUT2D eigenvalue weighted by Crippen LogP contribution is -2.29. The molecule has 0 bridgehead atoms. The zero-order chi connectivity index (χ0) is 14.7. The minimum atomic E-state index is -0.130. The number of hydrogen-bond donors (Lipinski definition) is 1. The molecule has 0 heterocycles. The molecule has 1 aromatic rings. The summed E-state index contributed by atoms with van der Waals surface area (Å²) in [4.78, 5) is 0. The number of rotatable bonds is 5. The predicted molar refractivity (Wildman–Crippen MR) is 86.4 cm³/mol. The van der Waals surface area contributed by atoms with Crippen LogP contribution in [0.2, 0.25) is 5.02 Å². The molecule has 0 saturated heterocycles. The van der Waals surface area contributed by atoms with Crippen LogP contribution in [0.15, 0.2) is 18.2 Å². The first-order chi connectivity index (χ1) is 10.3. The fourth-order valence-corrected chi connectivity index (χ4v) is 3.97. The summed E-state index contributed by atoms with van der Waals surface area (Å²) in [5.41, 5.74) is 0.749. The van der Waals surface area contributed by atoms with E-state index in [4.69, 9.17) is 11.6 Å². The van der Waals surface area contributed by atoms with E-state index in [2.05, 4.69) is 5.32 Å². The van der Waals surface area contributed by atoms with Crippen molar-refractivity contribution in [2.24, 2.45) is 5.92 Å². The van der Waals surface area contributed by atoms with E-state index >= 15 is 0 Å². The summed E-state index contributed by atoms with van der Waals surface area (Å²) in [5, 5.41) is 4.20. The first-order valence-corrected chi connectivity index (χ1v) is 8.81. The molecule has 0 radical (unpaired) electrons. The molecule has 2 fully saturated rings. The van der Waals surface area contributed by atoms with E-state index in [0.717, 1.165) is 12.1 Å². The van der Waals surface area contributed by atoms with Crippen LogP contribution in [0.3, 0.4) is 0 Å². The maximum Gasteiger partial charge on any atom is 0.128 e. The second-order valence-electron chi connectivity index (χ2n) is 6.68. The Balaban J connectivity index is 1.82. The zero-order valence-corrected chi connectivity index (χ0v) is 13.3. The highest BCUT2D eigenvalue weighted by Crippen LogP contribution is 2.39. The molecular weight excluding hydrogens is 285 g/mol. The van der Waals surface area contributed by atoms with Crippen molar-refractivity contribution in [3.05, 3.63) is 34.6 Å². The van der Waals surface area contributed by atoms with Crippen LogP contribution in [0.1, 0.15) is 62.8 Å². The maximum absolute atomic E-state index is 14.4. The fraction of sp³-hybridized carbons (Fsp3) is 0.667. The Hall–Kier alpha value is -0.600. The van der Waals surface area contributed by atoms with Crippen LogP contribution in [0.4, 0.5) is 4.39 Å². The Bertz CT molecular complexity index is 444.